The van der Waals surface area contributed by atoms with E-state index < -0.39 is 0 Å². The summed E-state index contributed by atoms with van der Waals surface area (Å²) in [7, 11) is 14.9. The second-order valence-electron chi connectivity index (χ2n) is 10.9. The van der Waals surface area contributed by atoms with Crippen molar-refractivity contribution < 1.29 is 0 Å². The van der Waals surface area contributed by atoms with Crippen molar-refractivity contribution in [2.45, 2.75) is 98.5 Å². The van der Waals surface area contributed by atoms with Crippen LogP contribution in [0.3, 0.4) is 0 Å². The van der Waals surface area contributed by atoms with Crippen LogP contribution in [0.25, 0.3) is 0 Å². The van der Waals surface area contributed by atoms with Gasteiger partial charge in [-0.1, -0.05) is 54.3 Å². The molecular weight excluding hydrogens is 303 g/mol. The third-order valence-corrected chi connectivity index (χ3v) is 5.57. The van der Waals surface area contributed by atoms with E-state index in [0.29, 0.717) is 22.9 Å². The predicted octanol–water partition coefficient (Wildman–Crippen LogP) is 5.48. The van der Waals surface area contributed by atoms with Crippen molar-refractivity contribution in [3.8, 4) is 0 Å². The molecule has 0 fully saturated rings. The van der Waals surface area contributed by atoms with Crippen molar-refractivity contribution in [2.75, 3.05) is 28.2 Å². The van der Waals surface area contributed by atoms with E-state index in [9.17, 15) is 0 Å². The monoisotopic (exact) mass is 350 g/mol. The number of nitrogens with zero attached hydrogens (tertiary/aromatic N) is 2. The summed E-state index contributed by atoms with van der Waals surface area (Å²) in [5.41, 5.74) is 0.688. The molecule has 0 saturated heterocycles. The summed E-state index contributed by atoms with van der Waals surface area (Å²) < 4.78 is 0. The minimum Gasteiger partial charge on any atom is -0.306 e. The summed E-state index contributed by atoms with van der Waals surface area (Å²) in [4.78, 5) is 4.79. The van der Waals surface area contributed by atoms with Crippen molar-refractivity contribution in [1.29, 1.82) is 0 Å². The molecular formula is C22H47BN2. The molecule has 4 atom stereocenters. The van der Waals surface area contributed by atoms with E-state index in [4.69, 9.17) is 7.85 Å². The van der Waals surface area contributed by atoms with E-state index in [1.807, 2.05) is 0 Å². The van der Waals surface area contributed by atoms with Crippen LogP contribution >= 0.6 is 0 Å². The van der Waals surface area contributed by atoms with Gasteiger partial charge in [0.15, 0.2) is 0 Å². The van der Waals surface area contributed by atoms with Gasteiger partial charge in [-0.25, -0.2) is 0 Å². The molecule has 0 amide bonds. The minimum absolute atomic E-state index is 0.282. The average molecular weight is 350 g/mol. The lowest BCUT2D eigenvalue weighted by Gasteiger charge is -2.43. The number of rotatable bonds is 11. The highest BCUT2D eigenvalue weighted by Crippen LogP contribution is 2.39. The summed E-state index contributed by atoms with van der Waals surface area (Å²) >= 11 is 0. The molecule has 0 rings (SSSR count). The summed E-state index contributed by atoms with van der Waals surface area (Å²) in [5, 5.41) is 0. The zero-order valence-electron chi connectivity index (χ0n) is 19.3. The number of hydrogen-bond donors (Lipinski definition) is 0. The van der Waals surface area contributed by atoms with Gasteiger partial charge < -0.3 is 9.80 Å². The highest BCUT2D eigenvalue weighted by molar-refractivity contribution is 6.11. The zero-order valence-corrected chi connectivity index (χ0v) is 19.3. The molecule has 0 heterocycles. The van der Waals surface area contributed by atoms with Gasteiger partial charge in [-0.05, 0) is 77.0 Å². The molecule has 4 unspecified atom stereocenters. The number of hydrogen-bond acceptors (Lipinski definition) is 2. The maximum absolute atomic E-state index is 6.04. The van der Waals surface area contributed by atoms with Gasteiger partial charge in [-0.15, -0.1) is 0 Å². The Morgan fingerprint density at radius 3 is 1.68 bits per heavy atom. The molecule has 0 N–H and O–H groups in total. The molecule has 3 heteroatoms. The summed E-state index contributed by atoms with van der Waals surface area (Å²) in [5.74, 6) is 1.03. The molecule has 148 valence electrons. The lowest BCUT2D eigenvalue weighted by molar-refractivity contribution is 0.0704. The van der Waals surface area contributed by atoms with Gasteiger partial charge in [0.1, 0.15) is 0 Å². The Balaban J connectivity index is 4.79. The summed E-state index contributed by atoms with van der Waals surface area (Å²) in [6.07, 6.45) is 6.15. The van der Waals surface area contributed by atoms with Crippen LogP contribution in [0.4, 0.5) is 0 Å². The molecule has 0 spiro atoms. The van der Waals surface area contributed by atoms with Gasteiger partial charge in [-0.2, -0.15) is 0 Å². The van der Waals surface area contributed by atoms with Crippen LogP contribution < -0.4 is 0 Å². The lowest BCUT2D eigenvalue weighted by Crippen LogP contribution is -2.44. The van der Waals surface area contributed by atoms with Gasteiger partial charge >= 0.3 is 0 Å². The molecule has 25 heavy (non-hydrogen) atoms. The fourth-order valence-corrected chi connectivity index (χ4v) is 4.37. The predicted molar refractivity (Wildman–Crippen MR) is 116 cm³/mol. The highest BCUT2D eigenvalue weighted by atomic mass is 15.1. The molecule has 0 bridgehead atoms. The molecule has 2 nitrogen and oxygen atoms in total. The van der Waals surface area contributed by atoms with Crippen LogP contribution in [0.2, 0.25) is 5.82 Å². The Hall–Kier alpha value is -0.0151. The van der Waals surface area contributed by atoms with Gasteiger partial charge in [0.2, 0.25) is 0 Å². The topological polar surface area (TPSA) is 6.48 Å². The van der Waals surface area contributed by atoms with Crippen molar-refractivity contribution in [1.82, 2.24) is 9.80 Å². The fraction of sp³-hybridized carbons (Fsp3) is 1.00. The SMILES string of the molecule is [B]C(C)CC(CCC(C)CC(C)(C)C(CC(C)(C)C)N(C)C)N(C)C. The Morgan fingerprint density at radius 2 is 1.32 bits per heavy atom. The first kappa shape index (κ1) is 25.0. The Bertz CT molecular complexity index is 356. The molecule has 0 saturated carbocycles. The second-order valence-corrected chi connectivity index (χ2v) is 10.9. The Labute approximate surface area is 161 Å². The highest BCUT2D eigenvalue weighted by Gasteiger charge is 2.35. The normalized spacial score (nSPS) is 18.4. The molecule has 0 aliphatic carbocycles. The van der Waals surface area contributed by atoms with Gasteiger partial charge in [0.05, 0.1) is 7.85 Å². The van der Waals surface area contributed by atoms with E-state index in [-0.39, 0.29) is 5.82 Å². The third-order valence-electron chi connectivity index (χ3n) is 5.57. The van der Waals surface area contributed by atoms with Crippen molar-refractivity contribution in [3.63, 3.8) is 0 Å². The van der Waals surface area contributed by atoms with Gasteiger partial charge in [0.25, 0.3) is 0 Å². The van der Waals surface area contributed by atoms with Crippen LogP contribution in [0, 0.1) is 16.7 Å². The van der Waals surface area contributed by atoms with E-state index in [1.54, 1.807) is 0 Å². The van der Waals surface area contributed by atoms with Crippen molar-refractivity contribution in [3.05, 3.63) is 0 Å². The standard InChI is InChI=1S/C22H47BN2/c1-17(12-13-19(24(8)9)14-18(2)23)15-22(6,7)20(25(10)11)16-21(3,4)5/h17-20H,12-16H2,1-11H3. The van der Waals surface area contributed by atoms with E-state index in [0.717, 1.165) is 12.3 Å². The lowest BCUT2D eigenvalue weighted by atomic mass is 9.70. The zero-order chi connectivity index (χ0) is 20.0. The third kappa shape index (κ3) is 10.7. The van der Waals surface area contributed by atoms with E-state index in [1.165, 1.54) is 25.7 Å². The van der Waals surface area contributed by atoms with Gasteiger partial charge in [-0.3, -0.25) is 0 Å². The van der Waals surface area contributed by atoms with E-state index >= 15 is 0 Å². The largest absolute Gasteiger partial charge is 0.306 e. The second kappa shape index (κ2) is 10.4. The fourth-order valence-electron chi connectivity index (χ4n) is 4.37. The summed E-state index contributed by atoms with van der Waals surface area (Å²) in [6, 6.07) is 1.22. The van der Waals surface area contributed by atoms with Crippen molar-refractivity contribution >= 4 is 7.85 Å². The smallest absolute Gasteiger partial charge is 0.0696 e. The Kier molecular flexibility index (Phi) is 10.3. The molecule has 2 radical (unpaired) electrons. The quantitative estimate of drug-likeness (QED) is 0.455. The first-order valence-corrected chi connectivity index (χ1v) is 10.2. The molecule has 0 aromatic rings. The van der Waals surface area contributed by atoms with E-state index in [2.05, 4.69) is 86.5 Å². The molecule has 0 aromatic heterocycles. The summed E-state index contributed by atoms with van der Waals surface area (Å²) in [6.45, 7) is 16.6. The molecule has 0 aliphatic rings. The maximum Gasteiger partial charge on any atom is 0.0696 e. The molecule has 0 aromatic carbocycles. The van der Waals surface area contributed by atoms with Crippen LogP contribution in [-0.2, 0) is 0 Å². The van der Waals surface area contributed by atoms with Crippen molar-refractivity contribution in [2.24, 2.45) is 16.7 Å². The molecule has 0 aliphatic heterocycles. The average Bonchev–Trinajstić information content (AvgIpc) is 2.38. The van der Waals surface area contributed by atoms with Crippen LogP contribution in [-0.4, -0.2) is 57.9 Å². The van der Waals surface area contributed by atoms with Crippen LogP contribution in [0.1, 0.15) is 80.6 Å². The van der Waals surface area contributed by atoms with Gasteiger partial charge in [0, 0.05) is 12.1 Å². The minimum atomic E-state index is 0.282. The maximum atomic E-state index is 6.04. The Morgan fingerprint density at radius 1 is 0.800 bits per heavy atom. The first-order chi connectivity index (χ1) is 11.2. The van der Waals surface area contributed by atoms with Crippen LogP contribution in [0.5, 0.6) is 0 Å². The van der Waals surface area contributed by atoms with Crippen LogP contribution in [0.15, 0.2) is 0 Å². The first-order valence-electron chi connectivity index (χ1n) is 10.2.